The van der Waals surface area contributed by atoms with Crippen LogP contribution in [-0.4, -0.2) is 27.6 Å². The standard InChI is InChI=1S/C13H15BrN4/c1-10-8-13(16-9-11(10)14)17-4-2-12-15-3-5-18(12)7-6-17/h3,5,8-9H,2,4,6-7H2,1H3. The molecular weight excluding hydrogens is 292 g/mol. The molecule has 0 N–H and O–H groups in total. The second-order valence-corrected chi connectivity index (χ2v) is 5.42. The summed E-state index contributed by atoms with van der Waals surface area (Å²) >= 11 is 3.49. The van der Waals surface area contributed by atoms with Crippen LogP contribution in [0.5, 0.6) is 0 Å². The highest BCUT2D eigenvalue weighted by Gasteiger charge is 2.15. The summed E-state index contributed by atoms with van der Waals surface area (Å²) in [6.07, 6.45) is 6.80. The van der Waals surface area contributed by atoms with E-state index < -0.39 is 0 Å². The molecule has 18 heavy (non-hydrogen) atoms. The number of halogens is 1. The third-order valence-electron chi connectivity index (χ3n) is 3.37. The van der Waals surface area contributed by atoms with Crippen LogP contribution in [0.2, 0.25) is 0 Å². The van der Waals surface area contributed by atoms with Gasteiger partial charge >= 0.3 is 0 Å². The predicted octanol–water partition coefficient (Wildman–Crippen LogP) is 2.41. The zero-order valence-electron chi connectivity index (χ0n) is 10.3. The molecule has 1 aliphatic heterocycles. The molecule has 3 heterocycles. The van der Waals surface area contributed by atoms with Crippen molar-refractivity contribution in [2.45, 2.75) is 19.9 Å². The van der Waals surface area contributed by atoms with Gasteiger partial charge in [-0.3, -0.25) is 0 Å². The average molecular weight is 307 g/mol. The van der Waals surface area contributed by atoms with E-state index in [0.717, 1.165) is 36.3 Å². The second kappa shape index (κ2) is 4.72. The van der Waals surface area contributed by atoms with Crippen molar-refractivity contribution < 1.29 is 0 Å². The molecule has 4 nitrogen and oxygen atoms in total. The van der Waals surface area contributed by atoms with Crippen LogP contribution in [-0.2, 0) is 13.0 Å². The van der Waals surface area contributed by atoms with Crippen LogP contribution >= 0.6 is 15.9 Å². The summed E-state index contributed by atoms with van der Waals surface area (Å²) in [5.41, 5.74) is 1.22. The normalized spacial score (nSPS) is 15.3. The second-order valence-electron chi connectivity index (χ2n) is 4.57. The van der Waals surface area contributed by atoms with Crippen molar-refractivity contribution in [3.63, 3.8) is 0 Å². The number of imidazole rings is 1. The number of pyridine rings is 1. The maximum atomic E-state index is 4.50. The third kappa shape index (κ3) is 2.14. The van der Waals surface area contributed by atoms with E-state index in [1.807, 2.05) is 12.4 Å². The smallest absolute Gasteiger partial charge is 0.128 e. The van der Waals surface area contributed by atoms with Crippen LogP contribution < -0.4 is 4.90 Å². The lowest BCUT2D eigenvalue weighted by Gasteiger charge is -2.21. The van der Waals surface area contributed by atoms with Crippen molar-refractivity contribution in [2.24, 2.45) is 0 Å². The van der Waals surface area contributed by atoms with Crippen LogP contribution in [0, 0.1) is 6.92 Å². The van der Waals surface area contributed by atoms with Gasteiger partial charge < -0.3 is 9.47 Å². The van der Waals surface area contributed by atoms with Gasteiger partial charge in [-0.1, -0.05) is 0 Å². The summed E-state index contributed by atoms with van der Waals surface area (Å²) in [5, 5.41) is 0. The first-order valence-corrected chi connectivity index (χ1v) is 6.90. The lowest BCUT2D eigenvalue weighted by Crippen LogP contribution is -2.27. The number of rotatable bonds is 1. The highest BCUT2D eigenvalue weighted by atomic mass is 79.9. The van der Waals surface area contributed by atoms with E-state index in [4.69, 9.17) is 0 Å². The lowest BCUT2D eigenvalue weighted by molar-refractivity contribution is 0.685. The number of aromatic nitrogens is 3. The van der Waals surface area contributed by atoms with Crippen molar-refractivity contribution >= 4 is 21.7 Å². The van der Waals surface area contributed by atoms with Gasteiger partial charge in [0.25, 0.3) is 0 Å². The van der Waals surface area contributed by atoms with E-state index in [1.165, 1.54) is 11.4 Å². The van der Waals surface area contributed by atoms with Crippen molar-refractivity contribution in [2.75, 3.05) is 18.0 Å². The number of fused-ring (bicyclic) bond motifs is 1. The molecule has 0 atom stereocenters. The maximum absolute atomic E-state index is 4.50. The van der Waals surface area contributed by atoms with Crippen LogP contribution in [0.25, 0.3) is 0 Å². The molecule has 0 radical (unpaired) electrons. The van der Waals surface area contributed by atoms with Gasteiger partial charge in [0.05, 0.1) is 0 Å². The Hall–Kier alpha value is -1.36. The fourth-order valence-corrected chi connectivity index (χ4v) is 2.49. The van der Waals surface area contributed by atoms with E-state index in [-0.39, 0.29) is 0 Å². The monoisotopic (exact) mass is 306 g/mol. The molecule has 1 aliphatic rings. The molecule has 2 aromatic rings. The number of nitrogens with zero attached hydrogens (tertiary/aromatic N) is 4. The lowest BCUT2D eigenvalue weighted by atomic mass is 10.3. The van der Waals surface area contributed by atoms with Crippen LogP contribution in [0.3, 0.4) is 0 Å². The van der Waals surface area contributed by atoms with E-state index in [2.05, 4.69) is 54.6 Å². The van der Waals surface area contributed by atoms with Crippen LogP contribution in [0.15, 0.2) is 29.1 Å². The van der Waals surface area contributed by atoms with Gasteiger partial charge in [0.2, 0.25) is 0 Å². The van der Waals surface area contributed by atoms with E-state index >= 15 is 0 Å². The van der Waals surface area contributed by atoms with Gasteiger partial charge in [0.15, 0.2) is 0 Å². The van der Waals surface area contributed by atoms with Crippen LogP contribution in [0.1, 0.15) is 11.4 Å². The van der Waals surface area contributed by atoms with Gasteiger partial charge in [-0.2, -0.15) is 0 Å². The average Bonchev–Trinajstić information content (AvgIpc) is 2.72. The molecule has 2 aromatic heterocycles. The Balaban J connectivity index is 1.82. The van der Waals surface area contributed by atoms with E-state index in [1.54, 1.807) is 0 Å². The first-order valence-electron chi connectivity index (χ1n) is 6.11. The summed E-state index contributed by atoms with van der Waals surface area (Å²) in [7, 11) is 0. The van der Waals surface area contributed by atoms with Crippen molar-refractivity contribution in [1.82, 2.24) is 14.5 Å². The maximum Gasteiger partial charge on any atom is 0.128 e. The minimum absolute atomic E-state index is 0.976. The number of aryl methyl sites for hydroxylation is 1. The SMILES string of the molecule is Cc1cc(N2CCc3nccn3CC2)ncc1Br. The Morgan fingerprint density at radius 2 is 2.11 bits per heavy atom. The Bertz CT molecular complexity index is 541. The molecule has 5 heteroatoms. The minimum Gasteiger partial charge on any atom is -0.354 e. The Morgan fingerprint density at radius 3 is 2.94 bits per heavy atom. The van der Waals surface area contributed by atoms with Crippen molar-refractivity contribution in [1.29, 1.82) is 0 Å². The summed E-state index contributed by atoms with van der Waals surface area (Å²) in [5.74, 6) is 2.23. The van der Waals surface area contributed by atoms with Gasteiger partial charge in [-0.25, -0.2) is 9.97 Å². The summed E-state index contributed by atoms with van der Waals surface area (Å²) in [4.78, 5) is 11.2. The zero-order valence-corrected chi connectivity index (χ0v) is 11.9. The fraction of sp³-hybridized carbons (Fsp3) is 0.385. The highest BCUT2D eigenvalue weighted by molar-refractivity contribution is 9.10. The molecular formula is C13H15BrN4. The first kappa shape index (κ1) is 11.7. The number of anilines is 1. The first-order chi connectivity index (χ1) is 8.74. The fourth-order valence-electron chi connectivity index (χ4n) is 2.27. The molecule has 0 fully saturated rings. The quantitative estimate of drug-likeness (QED) is 0.811. The van der Waals surface area contributed by atoms with Gasteiger partial charge in [0.1, 0.15) is 11.6 Å². The molecule has 94 valence electrons. The molecule has 0 aromatic carbocycles. The van der Waals surface area contributed by atoms with E-state index in [0.29, 0.717) is 0 Å². The van der Waals surface area contributed by atoms with Crippen LogP contribution in [0.4, 0.5) is 5.82 Å². The Labute approximate surface area is 115 Å². The predicted molar refractivity (Wildman–Crippen MR) is 74.8 cm³/mol. The number of hydrogen-bond acceptors (Lipinski definition) is 3. The molecule has 0 saturated heterocycles. The zero-order chi connectivity index (χ0) is 12.5. The molecule has 0 unspecified atom stereocenters. The van der Waals surface area contributed by atoms with Crippen molar-refractivity contribution in [3.8, 4) is 0 Å². The molecule has 3 rings (SSSR count). The largest absolute Gasteiger partial charge is 0.354 e. The molecule has 0 aliphatic carbocycles. The third-order valence-corrected chi connectivity index (χ3v) is 4.20. The Morgan fingerprint density at radius 1 is 1.22 bits per heavy atom. The molecule has 0 amide bonds. The number of hydrogen-bond donors (Lipinski definition) is 0. The van der Waals surface area contributed by atoms with E-state index in [9.17, 15) is 0 Å². The Kier molecular flexibility index (Phi) is 3.07. The topological polar surface area (TPSA) is 34.0 Å². The molecule has 0 saturated carbocycles. The minimum atomic E-state index is 0.976. The summed E-state index contributed by atoms with van der Waals surface area (Å²) in [6.45, 7) is 5.03. The van der Waals surface area contributed by atoms with Gasteiger partial charge in [-0.05, 0) is 34.5 Å². The van der Waals surface area contributed by atoms with Gasteiger partial charge in [0, 0.05) is 49.1 Å². The molecule has 0 spiro atoms. The van der Waals surface area contributed by atoms with Gasteiger partial charge in [-0.15, -0.1) is 0 Å². The summed E-state index contributed by atoms with van der Waals surface area (Å²) < 4.78 is 3.29. The highest BCUT2D eigenvalue weighted by Crippen LogP contribution is 2.21. The van der Waals surface area contributed by atoms with Crippen molar-refractivity contribution in [3.05, 3.63) is 40.5 Å². The summed E-state index contributed by atoms with van der Waals surface area (Å²) in [6, 6.07) is 2.14. The molecule has 0 bridgehead atoms.